The Bertz CT molecular complexity index is 656. The Hall–Kier alpha value is -1.51. The van der Waals surface area contributed by atoms with Crippen LogP contribution in [0.15, 0.2) is 18.2 Å². The Labute approximate surface area is 157 Å². The van der Waals surface area contributed by atoms with Crippen molar-refractivity contribution in [2.75, 3.05) is 6.61 Å². The van der Waals surface area contributed by atoms with Gasteiger partial charge in [-0.3, -0.25) is 0 Å². The molecule has 3 unspecified atom stereocenters. The molecule has 3 aliphatic rings. The van der Waals surface area contributed by atoms with E-state index in [4.69, 9.17) is 4.74 Å². The van der Waals surface area contributed by atoms with Crippen molar-refractivity contribution in [3.05, 3.63) is 34.9 Å². The van der Waals surface area contributed by atoms with E-state index in [1.807, 2.05) is 0 Å². The second-order valence-electron chi connectivity index (χ2n) is 8.91. The van der Waals surface area contributed by atoms with E-state index in [2.05, 4.69) is 30.4 Å². The summed E-state index contributed by atoms with van der Waals surface area (Å²) in [5.74, 6) is 1.46. The minimum atomic E-state index is -0.235. The molecule has 4 rings (SSSR count). The fraction of sp³-hybridized carbons (Fsp3) is 0.696. The minimum Gasteiger partial charge on any atom is -0.447 e. The average Bonchev–Trinajstić information content (AvgIpc) is 3.24. The number of unbranched alkanes of at least 4 members (excludes halogenated alkanes) is 3. The number of amides is 1. The summed E-state index contributed by atoms with van der Waals surface area (Å²) in [6, 6.07) is 7.24. The lowest BCUT2D eigenvalue weighted by Gasteiger charge is -2.26. The summed E-state index contributed by atoms with van der Waals surface area (Å²) in [7, 11) is 0. The Kier molecular flexibility index (Phi) is 5.24. The molecule has 0 bridgehead atoms. The summed E-state index contributed by atoms with van der Waals surface area (Å²) < 4.78 is 5.17. The number of hydrogen-bond acceptors (Lipinski definition) is 2. The lowest BCUT2D eigenvalue weighted by Crippen LogP contribution is -2.40. The quantitative estimate of drug-likeness (QED) is 0.684. The SMILES string of the molecule is CCCCCCC1CCc2cc(C3CCC4(COC(=O)N4)C3)ccc2C1. The Morgan fingerprint density at radius 3 is 2.92 bits per heavy atom. The number of cyclic esters (lactones) is 1. The first-order valence-electron chi connectivity index (χ1n) is 10.7. The van der Waals surface area contributed by atoms with Crippen molar-refractivity contribution >= 4 is 6.09 Å². The number of carbonyl (C=O) groups excluding carboxylic acids is 1. The third-order valence-electron chi connectivity index (χ3n) is 6.95. The topological polar surface area (TPSA) is 38.3 Å². The highest BCUT2D eigenvalue weighted by atomic mass is 16.6. The smallest absolute Gasteiger partial charge is 0.407 e. The Balaban J connectivity index is 1.36. The predicted octanol–water partition coefficient (Wildman–Crippen LogP) is 5.51. The van der Waals surface area contributed by atoms with Crippen LogP contribution in [-0.4, -0.2) is 18.2 Å². The van der Waals surface area contributed by atoms with Crippen LogP contribution in [0.2, 0.25) is 0 Å². The molecule has 1 spiro atoms. The van der Waals surface area contributed by atoms with Gasteiger partial charge in [0.15, 0.2) is 0 Å². The van der Waals surface area contributed by atoms with Crippen LogP contribution in [0.5, 0.6) is 0 Å². The van der Waals surface area contributed by atoms with E-state index in [1.165, 1.54) is 56.9 Å². The van der Waals surface area contributed by atoms with Crippen LogP contribution in [-0.2, 0) is 17.6 Å². The first-order chi connectivity index (χ1) is 12.7. The second-order valence-corrected chi connectivity index (χ2v) is 8.91. The molecule has 142 valence electrons. The lowest BCUT2D eigenvalue weighted by molar-refractivity contribution is 0.172. The van der Waals surface area contributed by atoms with Gasteiger partial charge in [-0.05, 0) is 67.1 Å². The fourth-order valence-electron chi connectivity index (χ4n) is 5.36. The Morgan fingerprint density at radius 1 is 1.19 bits per heavy atom. The summed E-state index contributed by atoms with van der Waals surface area (Å²) in [4.78, 5) is 11.4. The number of carbonyl (C=O) groups is 1. The van der Waals surface area contributed by atoms with E-state index in [-0.39, 0.29) is 11.6 Å². The zero-order chi connectivity index (χ0) is 18.0. The summed E-state index contributed by atoms with van der Waals surface area (Å²) in [6.07, 6.45) is 13.8. The maximum Gasteiger partial charge on any atom is 0.407 e. The van der Waals surface area contributed by atoms with E-state index in [9.17, 15) is 4.79 Å². The lowest BCUT2D eigenvalue weighted by atomic mass is 9.79. The fourth-order valence-corrected chi connectivity index (χ4v) is 5.36. The summed E-state index contributed by atoms with van der Waals surface area (Å²) in [5, 5.41) is 3.06. The zero-order valence-electron chi connectivity index (χ0n) is 16.2. The van der Waals surface area contributed by atoms with Crippen molar-refractivity contribution in [2.45, 2.75) is 89.0 Å². The van der Waals surface area contributed by atoms with Gasteiger partial charge in [0, 0.05) is 0 Å². The van der Waals surface area contributed by atoms with Crippen molar-refractivity contribution < 1.29 is 9.53 Å². The number of ether oxygens (including phenoxy) is 1. The molecule has 1 aromatic rings. The van der Waals surface area contributed by atoms with Gasteiger partial charge in [0.05, 0.1) is 5.54 Å². The molecule has 0 aromatic heterocycles. The van der Waals surface area contributed by atoms with Gasteiger partial charge in [0.2, 0.25) is 0 Å². The third-order valence-corrected chi connectivity index (χ3v) is 6.95. The molecular weight excluding hydrogens is 322 g/mol. The van der Waals surface area contributed by atoms with Gasteiger partial charge in [0.1, 0.15) is 6.61 Å². The highest BCUT2D eigenvalue weighted by Crippen LogP contribution is 2.43. The molecule has 3 atom stereocenters. The first kappa shape index (κ1) is 17.9. The molecule has 1 saturated heterocycles. The van der Waals surface area contributed by atoms with Crippen LogP contribution in [0, 0.1) is 5.92 Å². The molecule has 1 aliphatic heterocycles. The monoisotopic (exact) mass is 355 g/mol. The van der Waals surface area contributed by atoms with Crippen LogP contribution in [0.1, 0.15) is 87.3 Å². The maximum absolute atomic E-state index is 11.4. The molecule has 1 N–H and O–H groups in total. The van der Waals surface area contributed by atoms with Crippen LogP contribution >= 0.6 is 0 Å². The first-order valence-corrected chi connectivity index (χ1v) is 10.7. The molecule has 1 saturated carbocycles. The summed E-state index contributed by atoms with van der Waals surface area (Å²) in [5.41, 5.74) is 4.55. The molecule has 26 heavy (non-hydrogen) atoms. The van der Waals surface area contributed by atoms with E-state index in [0.29, 0.717) is 12.5 Å². The average molecular weight is 356 g/mol. The zero-order valence-corrected chi connectivity index (χ0v) is 16.2. The van der Waals surface area contributed by atoms with Crippen LogP contribution < -0.4 is 5.32 Å². The molecule has 0 radical (unpaired) electrons. The number of benzene rings is 1. The predicted molar refractivity (Wildman–Crippen MR) is 105 cm³/mol. The number of fused-ring (bicyclic) bond motifs is 1. The molecule has 2 aliphatic carbocycles. The molecule has 1 aromatic carbocycles. The number of hydrogen-bond donors (Lipinski definition) is 1. The van der Waals surface area contributed by atoms with Crippen molar-refractivity contribution in [1.29, 1.82) is 0 Å². The van der Waals surface area contributed by atoms with Gasteiger partial charge in [-0.2, -0.15) is 0 Å². The third kappa shape index (κ3) is 3.77. The van der Waals surface area contributed by atoms with E-state index in [0.717, 1.165) is 25.2 Å². The highest BCUT2D eigenvalue weighted by molar-refractivity contribution is 5.70. The van der Waals surface area contributed by atoms with Crippen molar-refractivity contribution in [3.63, 3.8) is 0 Å². The van der Waals surface area contributed by atoms with Gasteiger partial charge < -0.3 is 10.1 Å². The van der Waals surface area contributed by atoms with E-state index in [1.54, 1.807) is 11.1 Å². The minimum absolute atomic E-state index is 0.0960. The van der Waals surface area contributed by atoms with E-state index < -0.39 is 0 Å². The van der Waals surface area contributed by atoms with Crippen LogP contribution in [0.3, 0.4) is 0 Å². The van der Waals surface area contributed by atoms with Crippen LogP contribution in [0.25, 0.3) is 0 Å². The van der Waals surface area contributed by atoms with E-state index >= 15 is 0 Å². The molecular formula is C23H33NO2. The van der Waals surface area contributed by atoms with Crippen molar-refractivity contribution in [1.82, 2.24) is 5.32 Å². The molecule has 1 heterocycles. The largest absolute Gasteiger partial charge is 0.447 e. The number of nitrogens with one attached hydrogen (secondary N) is 1. The van der Waals surface area contributed by atoms with Gasteiger partial charge in [-0.15, -0.1) is 0 Å². The summed E-state index contributed by atoms with van der Waals surface area (Å²) in [6.45, 7) is 2.83. The summed E-state index contributed by atoms with van der Waals surface area (Å²) >= 11 is 0. The standard InChI is InChI=1S/C23H33NO2/c1-2-3-4-5-6-17-7-8-19-14-20(10-9-18(19)13-17)21-11-12-23(15-21)16-26-22(25)24-23/h9-10,14,17,21H,2-8,11-13,15-16H2,1H3,(H,24,25). The number of aryl methyl sites for hydroxylation is 1. The van der Waals surface area contributed by atoms with Gasteiger partial charge in [-0.25, -0.2) is 4.79 Å². The second kappa shape index (κ2) is 7.62. The molecule has 2 fully saturated rings. The normalized spacial score (nSPS) is 30.3. The van der Waals surface area contributed by atoms with Gasteiger partial charge in [0.25, 0.3) is 0 Å². The molecule has 3 heteroatoms. The van der Waals surface area contributed by atoms with Gasteiger partial charge in [-0.1, -0.05) is 57.2 Å². The Morgan fingerprint density at radius 2 is 2.12 bits per heavy atom. The van der Waals surface area contributed by atoms with Crippen LogP contribution in [0.4, 0.5) is 4.79 Å². The highest BCUT2D eigenvalue weighted by Gasteiger charge is 2.46. The number of alkyl carbamates (subject to hydrolysis) is 1. The van der Waals surface area contributed by atoms with Crippen molar-refractivity contribution in [2.24, 2.45) is 5.92 Å². The molecule has 3 nitrogen and oxygen atoms in total. The van der Waals surface area contributed by atoms with Crippen molar-refractivity contribution in [3.8, 4) is 0 Å². The number of rotatable bonds is 6. The maximum atomic E-state index is 11.4. The van der Waals surface area contributed by atoms with Gasteiger partial charge >= 0.3 is 6.09 Å². The molecule has 1 amide bonds.